The summed E-state index contributed by atoms with van der Waals surface area (Å²) in [6.45, 7) is 3.24. The van der Waals surface area contributed by atoms with Crippen molar-refractivity contribution in [2.45, 2.75) is 19.4 Å². The maximum Gasteiger partial charge on any atom is 0.0776 e. The Morgan fingerprint density at radius 2 is 2.10 bits per heavy atom. The van der Waals surface area contributed by atoms with E-state index in [1.54, 1.807) is 0 Å². The molecule has 0 radical (unpaired) electrons. The molecule has 2 aromatic heterocycles. The molecule has 20 heavy (non-hydrogen) atoms. The lowest BCUT2D eigenvalue weighted by Crippen LogP contribution is -2.21. The van der Waals surface area contributed by atoms with E-state index < -0.39 is 0 Å². The standard InChI is InChI=1S/C16H16BrNS2/c1-2-8-18-15(16-12(17)7-9-19-16)14-10-11-5-3-4-6-13(11)20-14/h3-7,9-10,15,18H,2,8H2,1H3. The first-order valence-corrected chi connectivity index (χ1v) is 9.23. The molecule has 0 aliphatic carbocycles. The number of hydrogen-bond acceptors (Lipinski definition) is 3. The molecule has 0 saturated carbocycles. The molecule has 0 saturated heterocycles. The Morgan fingerprint density at radius 3 is 2.80 bits per heavy atom. The molecule has 2 heterocycles. The summed E-state index contributed by atoms with van der Waals surface area (Å²) >= 11 is 7.37. The minimum Gasteiger partial charge on any atom is -0.305 e. The number of fused-ring (bicyclic) bond motifs is 1. The summed E-state index contributed by atoms with van der Waals surface area (Å²) in [6.07, 6.45) is 1.14. The summed E-state index contributed by atoms with van der Waals surface area (Å²) in [7, 11) is 0. The highest BCUT2D eigenvalue weighted by Gasteiger charge is 2.19. The van der Waals surface area contributed by atoms with Gasteiger partial charge in [-0.05, 0) is 57.9 Å². The lowest BCUT2D eigenvalue weighted by atomic mass is 10.1. The molecule has 4 heteroatoms. The summed E-state index contributed by atoms with van der Waals surface area (Å²) in [5.41, 5.74) is 0. The van der Waals surface area contributed by atoms with Crippen molar-refractivity contribution in [2.24, 2.45) is 0 Å². The second-order valence-electron chi connectivity index (χ2n) is 4.71. The fourth-order valence-electron chi connectivity index (χ4n) is 2.27. The molecule has 1 atom stereocenters. The van der Waals surface area contributed by atoms with Crippen LogP contribution in [-0.2, 0) is 0 Å². The SMILES string of the molecule is CCCNC(c1cc2ccccc2s1)c1sccc1Br. The van der Waals surface area contributed by atoms with Crippen LogP contribution < -0.4 is 5.32 Å². The summed E-state index contributed by atoms with van der Waals surface area (Å²) in [5, 5.41) is 7.16. The Kier molecular flexibility index (Phi) is 4.56. The summed E-state index contributed by atoms with van der Waals surface area (Å²) < 4.78 is 2.56. The number of benzene rings is 1. The van der Waals surface area contributed by atoms with Gasteiger partial charge >= 0.3 is 0 Å². The maximum absolute atomic E-state index is 3.68. The number of hydrogen-bond donors (Lipinski definition) is 1. The van der Waals surface area contributed by atoms with E-state index in [-0.39, 0.29) is 0 Å². The third kappa shape index (κ3) is 2.84. The molecule has 0 spiro atoms. The molecule has 1 nitrogen and oxygen atoms in total. The molecule has 0 aliphatic heterocycles. The van der Waals surface area contributed by atoms with Crippen LogP contribution in [0.25, 0.3) is 10.1 Å². The van der Waals surface area contributed by atoms with Gasteiger partial charge in [-0.25, -0.2) is 0 Å². The molecule has 1 aromatic carbocycles. The summed E-state index contributed by atoms with van der Waals surface area (Å²) in [4.78, 5) is 2.76. The van der Waals surface area contributed by atoms with Crippen LogP contribution in [0.4, 0.5) is 0 Å². The van der Waals surface area contributed by atoms with E-state index in [1.807, 2.05) is 22.7 Å². The number of rotatable bonds is 5. The summed E-state index contributed by atoms with van der Waals surface area (Å²) in [5.74, 6) is 0. The third-order valence-electron chi connectivity index (χ3n) is 3.23. The normalized spacial score (nSPS) is 12.9. The number of halogens is 1. The van der Waals surface area contributed by atoms with Crippen LogP contribution in [0.5, 0.6) is 0 Å². The zero-order valence-corrected chi connectivity index (χ0v) is 14.4. The first kappa shape index (κ1) is 14.3. The van der Waals surface area contributed by atoms with Gasteiger partial charge in [-0.3, -0.25) is 0 Å². The Bertz CT molecular complexity index is 668. The Balaban J connectivity index is 2.02. The second-order valence-corrected chi connectivity index (χ2v) is 7.62. The van der Waals surface area contributed by atoms with E-state index in [1.165, 1.54) is 24.3 Å². The van der Waals surface area contributed by atoms with E-state index in [2.05, 4.69) is 69.9 Å². The van der Waals surface area contributed by atoms with Crippen molar-refractivity contribution in [3.8, 4) is 0 Å². The minimum absolute atomic E-state index is 0.293. The van der Waals surface area contributed by atoms with Crippen LogP contribution in [0, 0.1) is 0 Å². The number of thiophene rings is 2. The van der Waals surface area contributed by atoms with Gasteiger partial charge in [0.05, 0.1) is 6.04 Å². The van der Waals surface area contributed by atoms with Gasteiger partial charge in [0, 0.05) is 18.9 Å². The van der Waals surface area contributed by atoms with Crippen molar-refractivity contribution < 1.29 is 0 Å². The molecule has 1 unspecified atom stereocenters. The van der Waals surface area contributed by atoms with Gasteiger partial charge in [-0.15, -0.1) is 22.7 Å². The lowest BCUT2D eigenvalue weighted by Gasteiger charge is -2.16. The Morgan fingerprint density at radius 1 is 1.25 bits per heavy atom. The van der Waals surface area contributed by atoms with E-state index in [0.717, 1.165) is 13.0 Å². The highest BCUT2D eigenvalue weighted by Crippen LogP contribution is 2.38. The van der Waals surface area contributed by atoms with Crippen LogP contribution in [0.2, 0.25) is 0 Å². The smallest absolute Gasteiger partial charge is 0.0776 e. The molecule has 0 bridgehead atoms. The van der Waals surface area contributed by atoms with Crippen molar-refractivity contribution in [3.63, 3.8) is 0 Å². The molecule has 0 aliphatic rings. The highest BCUT2D eigenvalue weighted by atomic mass is 79.9. The van der Waals surface area contributed by atoms with Crippen molar-refractivity contribution in [2.75, 3.05) is 6.54 Å². The monoisotopic (exact) mass is 365 g/mol. The molecule has 104 valence electrons. The van der Waals surface area contributed by atoms with Crippen LogP contribution >= 0.6 is 38.6 Å². The first-order valence-electron chi connectivity index (χ1n) is 6.74. The van der Waals surface area contributed by atoms with Crippen LogP contribution in [-0.4, -0.2) is 6.54 Å². The fourth-order valence-corrected chi connectivity index (χ4v) is 5.19. The maximum atomic E-state index is 3.68. The van der Waals surface area contributed by atoms with Crippen LogP contribution in [0.1, 0.15) is 29.1 Å². The summed E-state index contributed by atoms with van der Waals surface area (Å²) in [6, 6.07) is 13.3. The van der Waals surface area contributed by atoms with Gasteiger partial charge in [-0.1, -0.05) is 25.1 Å². The number of nitrogens with one attached hydrogen (secondary N) is 1. The van der Waals surface area contributed by atoms with Gasteiger partial charge < -0.3 is 5.32 Å². The van der Waals surface area contributed by atoms with E-state index >= 15 is 0 Å². The first-order chi connectivity index (χ1) is 9.79. The predicted molar refractivity (Wildman–Crippen MR) is 94.0 cm³/mol. The molecule has 3 rings (SSSR count). The molecule has 1 N–H and O–H groups in total. The third-order valence-corrected chi connectivity index (χ3v) is 6.35. The average Bonchev–Trinajstić information content (AvgIpc) is 3.06. The largest absolute Gasteiger partial charge is 0.305 e. The molecule has 0 fully saturated rings. The van der Waals surface area contributed by atoms with Crippen molar-refractivity contribution in [1.82, 2.24) is 5.32 Å². The highest BCUT2D eigenvalue weighted by molar-refractivity contribution is 9.10. The predicted octanol–water partition coefficient (Wildman–Crippen LogP) is 5.81. The Labute approximate surface area is 135 Å². The van der Waals surface area contributed by atoms with E-state index in [9.17, 15) is 0 Å². The van der Waals surface area contributed by atoms with Crippen molar-refractivity contribution >= 4 is 48.7 Å². The van der Waals surface area contributed by atoms with Crippen molar-refractivity contribution in [1.29, 1.82) is 0 Å². The van der Waals surface area contributed by atoms with Gasteiger partial charge in [0.2, 0.25) is 0 Å². The Hall–Kier alpha value is -0.680. The second kappa shape index (κ2) is 6.39. The molecular formula is C16H16BrNS2. The van der Waals surface area contributed by atoms with Crippen LogP contribution in [0.3, 0.4) is 0 Å². The average molecular weight is 366 g/mol. The van der Waals surface area contributed by atoms with Gasteiger partial charge in [0.15, 0.2) is 0 Å². The van der Waals surface area contributed by atoms with Crippen molar-refractivity contribution in [3.05, 3.63) is 56.0 Å². The van der Waals surface area contributed by atoms with Crippen LogP contribution in [0.15, 0.2) is 46.3 Å². The zero-order valence-electron chi connectivity index (χ0n) is 11.2. The van der Waals surface area contributed by atoms with E-state index in [4.69, 9.17) is 0 Å². The van der Waals surface area contributed by atoms with E-state index in [0.29, 0.717) is 6.04 Å². The molecule has 3 aromatic rings. The topological polar surface area (TPSA) is 12.0 Å². The minimum atomic E-state index is 0.293. The quantitative estimate of drug-likeness (QED) is 0.600. The van der Waals surface area contributed by atoms with Gasteiger partial charge in [-0.2, -0.15) is 0 Å². The molecular weight excluding hydrogens is 350 g/mol. The lowest BCUT2D eigenvalue weighted by molar-refractivity contribution is 0.612. The van der Waals surface area contributed by atoms with Gasteiger partial charge in [0.25, 0.3) is 0 Å². The zero-order chi connectivity index (χ0) is 13.9. The fraction of sp³-hybridized carbons (Fsp3) is 0.250. The van der Waals surface area contributed by atoms with Gasteiger partial charge in [0.1, 0.15) is 0 Å². The molecule has 0 amide bonds.